The maximum absolute atomic E-state index is 11.8. The number of hydrogen-bond acceptors (Lipinski definition) is 3. The largest absolute Gasteiger partial charge is 0.508 e. The van der Waals surface area contributed by atoms with Crippen molar-refractivity contribution in [3.05, 3.63) is 65.7 Å². The molecule has 0 aliphatic heterocycles. The third-order valence-electron chi connectivity index (χ3n) is 2.71. The van der Waals surface area contributed by atoms with Crippen molar-refractivity contribution in [2.45, 2.75) is 6.42 Å². The van der Waals surface area contributed by atoms with E-state index in [0.29, 0.717) is 12.1 Å². The third-order valence-corrected chi connectivity index (χ3v) is 2.71. The number of carbonyl (C=O) groups is 1. The van der Waals surface area contributed by atoms with Crippen LogP contribution < -0.4 is 5.73 Å². The minimum Gasteiger partial charge on any atom is -0.508 e. The second-order valence-electron chi connectivity index (χ2n) is 4.31. The zero-order valence-electron chi connectivity index (χ0n) is 10.4. The number of benzene rings is 2. The van der Waals surface area contributed by atoms with Crippen LogP contribution in [0.15, 0.2) is 54.6 Å². The number of nitrogens with two attached hydrogens (primary N) is 1. The molecule has 3 heteroatoms. The molecule has 0 fully saturated rings. The van der Waals surface area contributed by atoms with E-state index in [0.717, 1.165) is 11.1 Å². The summed E-state index contributed by atoms with van der Waals surface area (Å²) in [5, 5.41) is 9.16. The highest BCUT2D eigenvalue weighted by Crippen LogP contribution is 2.11. The molecule has 0 saturated heterocycles. The first-order chi connectivity index (χ1) is 9.13. The molecule has 0 heterocycles. The molecule has 2 aromatic rings. The number of phenols is 1. The number of nitrogen functional groups attached to an aromatic ring is 1. The Kier molecular flexibility index (Phi) is 3.98. The molecule has 0 saturated carbocycles. The summed E-state index contributed by atoms with van der Waals surface area (Å²) in [6, 6.07) is 13.9. The molecular formula is C16H15NO2. The monoisotopic (exact) mass is 253 g/mol. The summed E-state index contributed by atoms with van der Waals surface area (Å²) in [7, 11) is 0. The summed E-state index contributed by atoms with van der Waals surface area (Å²) in [4.78, 5) is 11.8. The average molecular weight is 253 g/mol. The molecular weight excluding hydrogens is 238 g/mol. The summed E-state index contributed by atoms with van der Waals surface area (Å²) in [5.74, 6) is 0.219. The average Bonchev–Trinajstić information content (AvgIpc) is 2.41. The number of ketones is 1. The predicted molar refractivity (Wildman–Crippen MR) is 76.7 cm³/mol. The molecule has 19 heavy (non-hydrogen) atoms. The van der Waals surface area contributed by atoms with Gasteiger partial charge >= 0.3 is 0 Å². The lowest BCUT2D eigenvalue weighted by molar-refractivity contribution is -0.113. The van der Waals surface area contributed by atoms with Gasteiger partial charge in [0.25, 0.3) is 0 Å². The van der Waals surface area contributed by atoms with Crippen molar-refractivity contribution in [2.24, 2.45) is 0 Å². The van der Waals surface area contributed by atoms with Crippen LogP contribution in [0.2, 0.25) is 0 Å². The molecule has 2 aromatic carbocycles. The molecule has 0 aliphatic rings. The predicted octanol–water partition coefficient (Wildman–Crippen LogP) is 2.80. The van der Waals surface area contributed by atoms with Gasteiger partial charge in [-0.05, 0) is 41.5 Å². The van der Waals surface area contributed by atoms with Crippen molar-refractivity contribution >= 4 is 17.5 Å². The quantitative estimate of drug-likeness (QED) is 0.650. The zero-order chi connectivity index (χ0) is 13.7. The van der Waals surface area contributed by atoms with Crippen molar-refractivity contribution in [1.82, 2.24) is 0 Å². The fourth-order valence-electron chi connectivity index (χ4n) is 1.67. The zero-order valence-corrected chi connectivity index (χ0v) is 10.4. The Balaban J connectivity index is 1.97. The van der Waals surface area contributed by atoms with Crippen LogP contribution in [0.3, 0.4) is 0 Å². The van der Waals surface area contributed by atoms with Crippen LogP contribution in [0.4, 0.5) is 5.69 Å². The molecule has 0 atom stereocenters. The maximum Gasteiger partial charge on any atom is 0.160 e. The van der Waals surface area contributed by atoms with E-state index in [1.807, 2.05) is 12.1 Å². The molecule has 0 bridgehead atoms. The fourth-order valence-corrected chi connectivity index (χ4v) is 1.67. The standard InChI is InChI=1S/C16H15NO2/c17-14-6-1-12(2-7-14)3-10-16(19)11-13-4-8-15(18)9-5-13/h1-10,18H,11,17H2/b10-3+. The fraction of sp³-hybridized carbons (Fsp3) is 0.0625. The van der Waals surface area contributed by atoms with E-state index in [1.165, 1.54) is 0 Å². The van der Waals surface area contributed by atoms with Crippen molar-refractivity contribution in [3.63, 3.8) is 0 Å². The highest BCUT2D eigenvalue weighted by atomic mass is 16.3. The molecule has 3 nitrogen and oxygen atoms in total. The molecule has 0 unspecified atom stereocenters. The first-order valence-corrected chi connectivity index (χ1v) is 5.98. The van der Waals surface area contributed by atoms with Gasteiger partial charge in [0.2, 0.25) is 0 Å². The number of rotatable bonds is 4. The maximum atomic E-state index is 11.8. The van der Waals surface area contributed by atoms with Gasteiger partial charge in [-0.15, -0.1) is 0 Å². The molecule has 0 aliphatic carbocycles. The topological polar surface area (TPSA) is 63.3 Å². The Morgan fingerprint density at radius 2 is 1.68 bits per heavy atom. The molecule has 0 amide bonds. The highest BCUT2D eigenvalue weighted by Gasteiger charge is 2.00. The number of carbonyl (C=O) groups excluding carboxylic acids is 1. The Bertz CT molecular complexity index is 583. The van der Waals surface area contributed by atoms with E-state index in [4.69, 9.17) is 10.8 Å². The SMILES string of the molecule is Nc1ccc(/C=C/C(=O)Cc2ccc(O)cc2)cc1. The lowest BCUT2D eigenvalue weighted by Gasteiger charge is -1.98. The van der Waals surface area contributed by atoms with E-state index < -0.39 is 0 Å². The second-order valence-corrected chi connectivity index (χ2v) is 4.31. The van der Waals surface area contributed by atoms with Crippen molar-refractivity contribution < 1.29 is 9.90 Å². The number of aromatic hydroxyl groups is 1. The summed E-state index contributed by atoms with van der Waals surface area (Å²) >= 11 is 0. The van der Waals surface area contributed by atoms with Gasteiger partial charge in [-0.3, -0.25) is 4.79 Å². The molecule has 0 spiro atoms. The number of phenolic OH excluding ortho intramolecular Hbond substituents is 1. The minimum atomic E-state index is 0.0162. The number of anilines is 1. The number of allylic oxidation sites excluding steroid dienone is 1. The number of hydrogen-bond donors (Lipinski definition) is 2. The summed E-state index contributed by atoms with van der Waals surface area (Å²) in [5.41, 5.74) is 8.10. The van der Waals surface area contributed by atoms with Gasteiger partial charge in [0, 0.05) is 12.1 Å². The summed E-state index contributed by atoms with van der Waals surface area (Å²) < 4.78 is 0. The van der Waals surface area contributed by atoms with Gasteiger partial charge in [-0.25, -0.2) is 0 Å². The normalized spacial score (nSPS) is 10.7. The van der Waals surface area contributed by atoms with Crippen LogP contribution in [0.25, 0.3) is 6.08 Å². The van der Waals surface area contributed by atoms with Crippen molar-refractivity contribution in [3.8, 4) is 5.75 Å². The molecule has 0 radical (unpaired) electrons. The van der Waals surface area contributed by atoms with Crippen LogP contribution >= 0.6 is 0 Å². The summed E-state index contributed by atoms with van der Waals surface area (Å²) in [6.45, 7) is 0. The van der Waals surface area contributed by atoms with E-state index >= 15 is 0 Å². The molecule has 3 N–H and O–H groups in total. The van der Waals surface area contributed by atoms with Crippen LogP contribution in [-0.4, -0.2) is 10.9 Å². The Hall–Kier alpha value is -2.55. The Labute approximate surface area is 112 Å². The van der Waals surface area contributed by atoms with Gasteiger partial charge in [0.15, 0.2) is 5.78 Å². The molecule has 0 aromatic heterocycles. The minimum absolute atomic E-state index is 0.0162. The molecule has 2 rings (SSSR count). The van der Waals surface area contributed by atoms with Gasteiger partial charge in [-0.2, -0.15) is 0 Å². The smallest absolute Gasteiger partial charge is 0.160 e. The van der Waals surface area contributed by atoms with Crippen LogP contribution in [-0.2, 0) is 11.2 Å². The summed E-state index contributed by atoms with van der Waals surface area (Å²) in [6.07, 6.45) is 3.65. The lowest BCUT2D eigenvalue weighted by Crippen LogP contribution is -1.97. The Morgan fingerprint density at radius 3 is 2.32 bits per heavy atom. The third kappa shape index (κ3) is 4.00. The van der Waals surface area contributed by atoms with Gasteiger partial charge in [-0.1, -0.05) is 30.3 Å². The van der Waals surface area contributed by atoms with Crippen LogP contribution in [0.5, 0.6) is 5.75 Å². The lowest BCUT2D eigenvalue weighted by atomic mass is 10.1. The van der Waals surface area contributed by atoms with E-state index in [1.54, 1.807) is 48.6 Å². The van der Waals surface area contributed by atoms with Crippen molar-refractivity contribution in [1.29, 1.82) is 0 Å². The van der Waals surface area contributed by atoms with E-state index in [2.05, 4.69) is 0 Å². The first-order valence-electron chi connectivity index (χ1n) is 5.98. The van der Waals surface area contributed by atoms with E-state index in [-0.39, 0.29) is 11.5 Å². The van der Waals surface area contributed by atoms with Crippen LogP contribution in [0.1, 0.15) is 11.1 Å². The first kappa shape index (κ1) is 12.9. The molecule has 96 valence electrons. The van der Waals surface area contributed by atoms with E-state index in [9.17, 15) is 4.79 Å². The van der Waals surface area contributed by atoms with Gasteiger partial charge in [0.05, 0.1) is 0 Å². The Morgan fingerprint density at radius 1 is 1.05 bits per heavy atom. The highest BCUT2D eigenvalue weighted by molar-refractivity contribution is 5.95. The second kappa shape index (κ2) is 5.87. The van der Waals surface area contributed by atoms with Gasteiger partial charge in [0.1, 0.15) is 5.75 Å². The van der Waals surface area contributed by atoms with Crippen LogP contribution in [0, 0.1) is 0 Å². The van der Waals surface area contributed by atoms with Crippen molar-refractivity contribution in [2.75, 3.05) is 5.73 Å². The van der Waals surface area contributed by atoms with Gasteiger partial charge < -0.3 is 10.8 Å².